The third-order valence-corrected chi connectivity index (χ3v) is 3.81. The number of nitrogens with two attached hydrogens (primary N) is 1. The van der Waals surface area contributed by atoms with E-state index in [9.17, 15) is 0 Å². The van der Waals surface area contributed by atoms with Gasteiger partial charge in [0.25, 0.3) is 0 Å². The third kappa shape index (κ3) is 3.09. The van der Waals surface area contributed by atoms with Crippen LogP contribution in [0.3, 0.4) is 0 Å². The van der Waals surface area contributed by atoms with Crippen molar-refractivity contribution in [3.05, 3.63) is 51.3 Å². The molecule has 1 heterocycles. The Bertz CT molecular complexity index is 560. The van der Waals surface area contributed by atoms with E-state index in [0.717, 1.165) is 16.8 Å². The van der Waals surface area contributed by atoms with Crippen LogP contribution in [-0.4, -0.2) is 9.78 Å². The number of aryl methyl sites for hydroxylation is 2. The second-order valence-electron chi connectivity index (χ2n) is 4.47. The summed E-state index contributed by atoms with van der Waals surface area (Å²) in [5, 5.41) is 5.62. The van der Waals surface area contributed by atoms with E-state index in [4.69, 9.17) is 29.0 Å². The van der Waals surface area contributed by atoms with E-state index in [1.807, 2.05) is 38.4 Å². The largest absolute Gasteiger partial charge is 0.275 e. The van der Waals surface area contributed by atoms with Crippen molar-refractivity contribution < 1.29 is 0 Å². The predicted molar refractivity (Wildman–Crippen MR) is 78.2 cm³/mol. The fourth-order valence-electron chi connectivity index (χ4n) is 2.15. The van der Waals surface area contributed by atoms with Crippen LogP contribution >= 0.6 is 23.2 Å². The van der Waals surface area contributed by atoms with Crippen molar-refractivity contribution in [2.24, 2.45) is 12.9 Å². The van der Waals surface area contributed by atoms with Crippen molar-refractivity contribution in [2.75, 3.05) is 0 Å². The Hall–Kier alpha value is -1.07. The number of halogens is 2. The lowest BCUT2D eigenvalue weighted by Gasteiger charge is -2.17. The fourth-order valence-corrected chi connectivity index (χ4v) is 2.70. The van der Waals surface area contributed by atoms with Crippen molar-refractivity contribution in [3.8, 4) is 0 Å². The van der Waals surface area contributed by atoms with Crippen LogP contribution in [0.1, 0.15) is 22.9 Å². The highest BCUT2D eigenvalue weighted by molar-refractivity contribution is 6.36. The summed E-state index contributed by atoms with van der Waals surface area (Å²) in [6.07, 6.45) is 2.56. The van der Waals surface area contributed by atoms with Crippen LogP contribution in [-0.2, 0) is 13.5 Å². The fraction of sp³-hybridized carbons (Fsp3) is 0.308. The molecule has 1 aromatic carbocycles. The molecule has 1 aromatic heterocycles. The molecule has 19 heavy (non-hydrogen) atoms. The average molecular weight is 299 g/mol. The van der Waals surface area contributed by atoms with E-state index in [2.05, 4.69) is 10.5 Å². The summed E-state index contributed by atoms with van der Waals surface area (Å²) in [5.41, 5.74) is 5.67. The Morgan fingerprint density at radius 3 is 2.47 bits per heavy atom. The van der Waals surface area contributed by atoms with Gasteiger partial charge in [0.1, 0.15) is 0 Å². The molecule has 3 N–H and O–H groups in total. The van der Waals surface area contributed by atoms with Crippen molar-refractivity contribution in [3.63, 3.8) is 0 Å². The first kappa shape index (κ1) is 14.3. The summed E-state index contributed by atoms with van der Waals surface area (Å²) >= 11 is 12.4. The van der Waals surface area contributed by atoms with Gasteiger partial charge in [0.2, 0.25) is 0 Å². The molecule has 0 fully saturated rings. The number of hydrogen-bond acceptors (Lipinski definition) is 3. The van der Waals surface area contributed by atoms with E-state index in [1.54, 1.807) is 4.68 Å². The van der Waals surface area contributed by atoms with Gasteiger partial charge in [-0.1, -0.05) is 29.3 Å². The molecule has 0 radical (unpaired) electrons. The van der Waals surface area contributed by atoms with Crippen LogP contribution in [0.5, 0.6) is 0 Å². The molecule has 0 aliphatic rings. The van der Waals surface area contributed by atoms with Crippen LogP contribution < -0.4 is 11.3 Å². The van der Waals surface area contributed by atoms with E-state index in [-0.39, 0.29) is 6.04 Å². The second-order valence-corrected chi connectivity index (χ2v) is 5.28. The van der Waals surface area contributed by atoms with Gasteiger partial charge in [-0.25, -0.2) is 0 Å². The number of aromatic nitrogens is 2. The minimum absolute atomic E-state index is 0.0777. The van der Waals surface area contributed by atoms with Gasteiger partial charge in [-0.2, -0.15) is 5.10 Å². The quantitative estimate of drug-likeness (QED) is 0.674. The normalized spacial score (nSPS) is 12.7. The van der Waals surface area contributed by atoms with Gasteiger partial charge in [-0.15, -0.1) is 0 Å². The molecular weight excluding hydrogens is 283 g/mol. The van der Waals surface area contributed by atoms with Crippen molar-refractivity contribution in [1.82, 2.24) is 15.2 Å². The van der Waals surface area contributed by atoms with Crippen LogP contribution in [0.25, 0.3) is 0 Å². The average Bonchev–Trinajstić information content (AvgIpc) is 2.68. The van der Waals surface area contributed by atoms with Crippen LogP contribution in [0.2, 0.25) is 10.0 Å². The lowest BCUT2D eigenvalue weighted by Crippen LogP contribution is -2.30. The minimum Gasteiger partial charge on any atom is -0.275 e. The Labute approximate surface area is 122 Å². The Morgan fingerprint density at radius 1 is 1.37 bits per heavy atom. The molecule has 0 aliphatic heterocycles. The van der Waals surface area contributed by atoms with E-state index in [0.29, 0.717) is 16.5 Å². The maximum atomic E-state index is 6.19. The van der Waals surface area contributed by atoms with Gasteiger partial charge >= 0.3 is 0 Å². The first-order valence-electron chi connectivity index (χ1n) is 5.92. The molecule has 0 saturated carbocycles. The molecule has 2 rings (SSSR count). The maximum Gasteiger partial charge on any atom is 0.0642 e. The molecule has 0 aliphatic carbocycles. The standard InChI is InChI=1S/C13H16Cl2N4/c1-8-10(7-19(2)18-8)13(17-16)6-9-11(14)4-3-5-12(9)15/h3-5,7,13,17H,6,16H2,1-2H3. The van der Waals surface area contributed by atoms with Gasteiger partial charge in [0, 0.05) is 28.9 Å². The van der Waals surface area contributed by atoms with E-state index < -0.39 is 0 Å². The lowest BCUT2D eigenvalue weighted by atomic mass is 10.00. The summed E-state index contributed by atoms with van der Waals surface area (Å²) in [5.74, 6) is 5.66. The molecule has 4 nitrogen and oxygen atoms in total. The number of rotatable bonds is 4. The highest BCUT2D eigenvalue weighted by Gasteiger charge is 2.18. The maximum absolute atomic E-state index is 6.19. The van der Waals surface area contributed by atoms with E-state index in [1.165, 1.54) is 0 Å². The Balaban J connectivity index is 2.32. The topological polar surface area (TPSA) is 55.9 Å². The SMILES string of the molecule is Cc1nn(C)cc1C(Cc1c(Cl)cccc1Cl)NN. The van der Waals surface area contributed by atoms with Gasteiger partial charge in [-0.3, -0.25) is 16.0 Å². The lowest BCUT2D eigenvalue weighted by molar-refractivity contribution is 0.549. The molecule has 2 aromatic rings. The van der Waals surface area contributed by atoms with Crippen LogP contribution in [0.4, 0.5) is 0 Å². The molecule has 0 saturated heterocycles. The summed E-state index contributed by atoms with van der Waals surface area (Å²) in [4.78, 5) is 0. The zero-order valence-corrected chi connectivity index (χ0v) is 12.3. The number of nitrogens with zero attached hydrogens (tertiary/aromatic N) is 2. The molecule has 1 atom stereocenters. The number of nitrogens with one attached hydrogen (secondary N) is 1. The summed E-state index contributed by atoms with van der Waals surface area (Å²) in [7, 11) is 1.88. The van der Waals surface area contributed by atoms with Crippen molar-refractivity contribution in [1.29, 1.82) is 0 Å². The Kier molecular flexibility index (Phi) is 4.47. The monoisotopic (exact) mass is 298 g/mol. The molecule has 1 unspecified atom stereocenters. The number of hydrogen-bond donors (Lipinski definition) is 2. The summed E-state index contributed by atoms with van der Waals surface area (Å²) in [6.45, 7) is 1.95. The number of benzene rings is 1. The molecular formula is C13H16Cl2N4. The molecule has 0 amide bonds. The first-order chi connectivity index (χ1) is 9.02. The highest BCUT2D eigenvalue weighted by Crippen LogP contribution is 2.29. The van der Waals surface area contributed by atoms with Gasteiger partial charge in [-0.05, 0) is 31.0 Å². The first-order valence-corrected chi connectivity index (χ1v) is 6.67. The third-order valence-electron chi connectivity index (χ3n) is 3.10. The number of hydrazine groups is 1. The minimum atomic E-state index is -0.0777. The van der Waals surface area contributed by atoms with Crippen LogP contribution in [0.15, 0.2) is 24.4 Å². The summed E-state index contributed by atoms with van der Waals surface area (Å²) in [6, 6.07) is 5.40. The predicted octanol–water partition coefficient (Wildman–Crippen LogP) is 2.78. The molecule has 6 heteroatoms. The molecule has 0 spiro atoms. The van der Waals surface area contributed by atoms with Crippen molar-refractivity contribution in [2.45, 2.75) is 19.4 Å². The van der Waals surface area contributed by atoms with Gasteiger partial charge < -0.3 is 0 Å². The molecule has 0 bridgehead atoms. The van der Waals surface area contributed by atoms with E-state index >= 15 is 0 Å². The van der Waals surface area contributed by atoms with Gasteiger partial charge in [0.15, 0.2) is 0 Å². The Morgan fingerprint density at radius 2 is 2.00 bits per heavy atom. The zero-order valence-electron chi connectivity index (χ0n) is 10.8. The van der Waals surface area contributed by atoms with Crippen LogP contribution in [0, 0.1) is 6.92 Å². The highest BCUT2D eigenvalue weighted by atomic mass is 35.5. The smallest absolute Gasteiger partial charge is 0.0642 e. The second kappa shape index (κ2) is 5.92. The molecule has 102 valence electrons. The van der Waals surface area contributed by atoms with Gasteiger partial charge in [0.05, 0.1) is 11.7 Å². The zero-order chi connectivity index (χ0) is 14.0. The summed E-state index contributed by atoms with van der Waals surface area (Å²) < 4.78 is 1.77. The van der Waals surface area contributed by atoms with Crippen molar-refractivity contribution >= 4 is 23.2 Å².